The highest BCUT2D eigenvalue weighted by Crippen LogP contribution is 2.28. The van der Waals surface area contributed by atoms with Crippen molar-refractivity contribution in [2.45, 2.75) is 22.6 Å². The van der Waals surface area contributed by atoms with Gasteiger partial charge in [-0.15, -0.1) is 11.8 Å². The minimum Gasteiger partial charge on any atom is -0.321 e. The molecule has 0 heterocycles. The van der Waals surface area contributed by atoms with E-state index in [0.717, 1.165) is 17.7 Å². The molecular formula is C18H20N2O3S2. The highest BCUT2D eigenvalue weighted by atomic mass is 32.2. The molecule has 0 aromatic heterocycles. The van der Waals surface area contributed by atoms with E-state index in [4.69, 9.17) is 0 Å². The van der Waals surface area contributed by atoms with E-state index in [9.17, 15) is 13.2 Å². The van der Waals surface area contributed by atoms with Crippen LogP contribution in [-0.4, -0.2) is 27.1 Å². The number of para-hydroxylation sites is 1. The predicted molar refractivity (Wildman–Crippen MR) is 101 cm³/mol. The number of rotatable bonds is 7. The highest BCUT2D eigenvalue weighted by molar-refractivity contribution is 7.98. The molecule has 0 atom stereocenters. The zero-order valence-corrected chi connectivity index (χ0v) is 15.5. The fourth-order valence-electron chi connectivity index (χ4n) is 2.38. The lowest BCUT2D eigenvalue weighted by molar-refractivity contribution is 0.102. The van der Waals surface area contributed by atoms with Gasteiger partial charge in [0.15, 0.2) is 0 Å². The third-order valence-electron chi connectivity index (χ3n) is 4.02. The predicted octanol–water partition coefficient (Wildman–Crippen LogP) is 3.35. The maximum atomic E-state index is 12.5. The zero-order chi connectivity index (χ0) is 17.9. The Morgan fingerprint density at radius 1 is 1.16 bits per heavy atom. The molecule has 0 unspecified atom stereocenters. The van der Waals surface area contributed by atoms with Gasteiger partial charge in [0.05, 0.1) is 10.6 Å². The Balaban J connectivity index is 1.77. The van der Waals surface area contributed by atoms with Crippen LogP contribution in [0.4, 0.5) is 5.69 Å². The summed E-state index contributed by atoms with van der Waals surface area (Å²) in [7, 11) is -3.59. The number of benzene rings is 2. The summed E-state index contributed by atoms with van der Waals surface area (Å²) in [5.41, 5.74) is 1.02. The van der Waals surface area contributed by atoms with E-state index in [1.807, 2.05) is 30.5 Å². The van der Waals surface area contributed by atoms with Crippen molar-refractivity contribution in [3.63, 3.8) is 0 Å². The average Bonchev–Trinajstić information content (AvgIpc) is 3.45. The molecule has 1 aliphatic rings. The number of hydrogen-bond donors (Lipinski definition) is 2. The maximum Gasteiger partial charge on any atom is 0.255 e. The van der Waals surface area contributed by atoms with Gasteiger partial charge in [-0.3, -0.25) is 4.79 Å². The molecule has 132 valence electrons. The van der Waals surface area contributed by atoms with E-state index in [2.05, 4.69) is 10.0 Å². The minimum atomic E-state index is -3.59. The molecule has 7 heteroatoms. The maximum absolute atomic E-state index is 12.5. The fraction of sp³-hybridized carbons (Fsp3) is 0.278. The number of carbonyl (C=O) groups is 1. The van der Waals surface area contributed by atoms with Crippen molar-refractivity contribution in [2.24, 2.45) is 5.92 Å². The summed E-state index contributed by atoms with van der Waals surface area (Å²) in [6.07, 6.45) is 4.07. The summed E-state index contributed by atoms with van der Waals surface area (Å²) < 4.78 is 27.3. The number of sulfonamides is 1. The summed E-state index contributed by atoms with van der Waals surface area (Å²) in [5.74, 6) is 0.116. The van der Waals surface area contributed by atoms with Crippen molar-refractivity contribution in [3.8, 4) is 0 Å². The van der Waals surface area contributed by atoms with Crippen LogP contribution in [0.3, 0.4) is 0 Å². The SMILES string of the molecule is CSc1ccccc1NC(=O)c1cccc(S(=O)(=O)NCC2CC2)c1. The lowest BCUT2D eigenvalue weighted by Gasteiger charge is -2.11. The van der Waals surface area contributed by atoms with E-state index in [0.29, 0.717) is 23.7 Å². The van der Waals surface area contributed by atoms with Gasteiger partial charge >= 0.3 is 0 Å². The topological polar surface area (TPSA) is 75.3 Å². The zero-order valence-electron chi connectivity index (χ0n) is 13.9. The molecule has 0 aliphatic heterocycles. The summed E-state index contributed by atoms with van der Waals surface area (Å²) in [5, 5.41) is 2.84. The van der Waals surface area contributed by atoms with Crippen molar-refractivity contribution in [1.29, 1.82) is 0 Å². The van der Waals surface area contributed by atoms with Crippen molar-refractivity contribution in [1.82, 2.24) is 4.72 Å². The lowest BCUT2D eigenvalue weighted by atomic mass is 10.2. The Morgan fingerprint density at radius 2 is 1.92 bits per heavy atom. The largest absolute Gasteiger partial charge is 0.321 e. The van der Waals surface area contributed by atoms with Gasteiger partial charge < -0.3 is 5.32 Å². The Kier molecular flexibility index (Phi) is 5.46. The number of anilines is 1. The van der Waals surface area contributed by atoms with Gasteiger partial charge in [-0.25, -0.2) is 13.1 Å². The van der Waals surface area contributed by atoms with Crippen molar-refractivity contribution in [2.75, 3.05) is 18.1 Å². The smallest absolute Gasteiger partial charge is 0.255 e. The molecule has 2 aromatic rings. The first kappa shape index (κ1) is 18.0. The van der Waals surface area contributed by atoms with E-state index >= 15 is 0 Å². The van der Waals surface area contributed by atoms with Crippen LogP contribution >= 0.6 is 11.8 Å². The molecule has 0 bridgehead atoms. The molecule has 1 aliphatic carbocycles. The van der Waals surface area contributed by atoms with E-state index < -0.39 is 10.0 Å². The van der Waals surface area contributed by atoms with Crippen LogP contribution < -0.4 is 10.0 Å². The van der Waals surface area contributed by atoms with Crippen molar-refractivity contribution < 1.29 is 13.2 Å². The van der Waals surface area contributed by atoms with E-state index in [1.54, 1.807) is 12.1 Å². The van der Waals surface area contributed by atoms with Gasteiger partial charge in [0.2, 0.25) is 10.0 Å². The van der Waals surface area contributed by atoms with Crippen LogP contribution in [-0.2, 0) is 10.0 Å². The summed E-state index contributed by atoms with van der Waals surface area (Å²) in [6, 6.07) is 13.6. The monoisotopic (exact) mass is 376 g/mol. The highest BCUT2D eigenvalue weighted by Gasteiger charge is 2.24. The number of amides is 1. The molecule has 1 fully saturated rings. The lowest BCUT2D eigenvalue weighted by Crippen LogP contribution is -2.26. The molecule has 0 saturated heterocycles. The summed E-state index contributed by atoms with van der Waals surface area (Å²) >= 11 is 1.53. The van der Waals surface area contributed by atoms with Gasteiger partial charge in [0, 0.05) is 17.0 Å². The molecule has 1 saturated carbocycles. The molecule has 2 aromatic carbocycles. The Labute approximate surface area is 152 Å². The minimum absolute atomic E-state index is 0.110. The number of hydrogen-bond acceptors (Lipinski definition) is 4. The molecule has 0 spiro atoms. The van der Waals surface area contributed by atoms with Crippen LogP contribution in [0.2, 0.25) is 0 Å². The second-order valence-corrected chi connectivity index (χ2v) is 8.59. The van der Waals surface area contributed by atoms with Crippen LogP contribution in [0.1, 0.15) is 23.2 Å². The van der Waals surface area contributed by atoms with Gasteiger partial charge in [-0.1, -0.05) is 18.2 Å². The molecule has 1 amide bonds. The summed E-state index contributed by atoms with van der Waals surface area (Å²) in [6.45, 7) is 0.458. The standard InChI is InChI=1S/C18H20N2O3S2/c1-24-17-8-3-2-7-16(17)20-18(21)14-5-4-6-15(11-14)25(22,23)19-12-13-9-10-13/h2-8,11,13,19H,9-10,12H2,1H3,(H,20,21). The normalized spacial score (nSPS) is 14.3. The van der Waals surface area contributed by atoms with Crippen LogP contribution in [0.25, 0.3) is 0 Å². The molecular weight excluding hydrogens is 356 g/mol. The molecule has 5 nitrogen and oxygen atoms in total. The quantitative estimate of drug-likeness (QED) is 0.727. The van der Waals surface area contributed by atoms with E-state index in [-0.39, 0.29) is 10.8 Å². The Hall–Kier alpha value is -1.83. The third-order valence-corrected chi connectivity index (χ3v) is 6.24. The van der Waals surface area contributed by atoms with Crippen LogP contribution in [0, 0.1) is 5.92 Å². The number of nitrogens with one attached hydrogen (secondary N) is 2. The Morgan fingerprint density at radius 3 is 2.64 bits per heavy atom. The van der Waals surface area contributed by atoms with Gasteiger partial charge in [-0.2, -0.15) is 0 Å². The van der Waals surface area contributed by atoms with Crippen LogP contribution in [0.5, 0.6) is 0 Å². The fourth-order valence-corrected chi connectivity index (χ4v) is 4.10. The van der Waals surface area contributed by atoms with Gasteiger partial charge in [-0.05, 0) is 55.3 Å². The first-order valence-electron chi connectivity index (χ1n) is 8.04. The van der Waals surface area contributed by atoms with Crippen LogP contribution in [0.15, 0.2) is 58.3 Å². The third kappa shape index (κ3) is 4.62. The molecule has 0 radical (unpaired) electrons. The Bertz CT molecular complexity index is 877. The molecule has 25 heavy (non-hydrogen) atoms. The number of thioether (sulfide) groups is 1. The molecule has 3 rings (SSSR count). The summed E-state index contributed by atoms with van der Waals surface area (Å²) in [4.78, 5) is 13.6. The first-order valence-corrected chi connectivity index (χ1v) is 10.7. The van der Waals surface area contributed by atoms with Crippen molar-refractivity contribution in [3.05, 3.63) is 54.1 Å². The van der Waals surface area contributed by atoms with E-state index in [1.165, 1.54) is 23.9 Å². The second-order valence-electron chi connectivity index (χ2n) is 5.98. The first-order chi connectivity index (χ1) is 12.0. The van der Waals surface area contributed by atoms with Gasteiger partial charge in [0.1, 0.15) is 0 Å². The van der Waals surface area contributed by atoms with Crippen molar-refractivity contribution >= 4 is 33.4 Å². The number of carbonyl (C=O) groups excluding carboxylic acids is 1. The van der Waals surface area contributed by atoms with Gasteiger partial charge in [0.25, 0.3) is 5.91 Å². The second kappa shape index (κ2) is 7.59. The molecule has 2 N–H and O–H groups in total. The average molecular weight is 377 g/mol.